The number of nitrogens with one attached hydrogen (secondary N) is 1. The summed E-state index contributed by atoms with van der Waals surface area (Å²) in [6, 6.07) is 3.62. The van der Waals surface area contributed by atoms with Crippen molar-refractivity contribution in [2.75, 3.05) is 19.6 Å². The van der Waals surface area contributed by atoms with Gasteiger partial charge in [0.1, 0.15) is 0 Å². The molecule has 2 saturated heterocycles. The maximum absolute atomic E-state index is 4.23. The highest BCUT2D eigenvalue weighted by molar-refractivity contribution is 4.89. The Balaban J connectivity index is 1.34. The molecule has 18 heavy (non-hydrogen) atoms. The van der Waals surface area contributed by atoms with E-state index in [1.54, 1.807) is 0 Å². The fraction of sp³-hybridized carbons (Fsp3) is 0.786. The second-order valence-electron chi connectivity index (χ2n) is 5.63. The van der Waals surface area contributed by atoms with Crippen LogP contribution in [-0.2, 0) is 6.54 Å². The number of rotatable bonds is 5. The minimum Gasteiger partial charge on any atom is -0.314 e. The monoisotopic (exact) mass is 248 g/mol. The smallest absolute Gasteiger partial charge is 0.0489 e. The Morgan fingerprint density at radius 3 is 3.17 bits per heavy atom. The van der Waals surface area contributed by atoms with E-state index in [1.165, 1.54) is 45.2 Å². The van der Waals surface area contributed by atoms with E-state index in [-0.39, 0.29) is 0 Å². The van der Waals surface area contributed by atoms with Crippen LogP contribution in [0.1, 0.15) is 32.1 Å². The largest absolute Gasteiger partial charge is 0.314 e. The van der Waals surface area contributed by atoms with Crippen molar-refractivity contribution >= 4 is 0 Å². The summed E-state index contributed by atoms with van der Waals surface area (Å²) in [4.78, 5) is 2.68. The van der Waals surface area contributed by atoms with Crippen LogP contribution < -0.4 is 5.32 Å². The molecule has 2 atom stereocenters. The first-order valence-electron chi connectivity index (χ1n) is 7.37. The van der Waals surface area contributed by atoms with Crippen molar-refractivity contribution in [3.8, 4) is 0 Å². The van der Waals surface area contributed by atoms with Crippen molar-refractivity contribution in [1.29, 1.82) is 0 Å². The summed E-state index contributed by atoms with van der Waals surface area (Å²) in [5, 5.41) is 7.96. The summed E-state index contributed by atoms with van der Waals surface area (Å²) in [5.74, 6) is 0. The van der Waals surface area contributed by atoms with Crippen LogP contribution in [0, 0.1) is 0 Å². The fourth-order valence-corrected chi connectivity index (χ4v) is 3.39. The third-order valence-electron chi connectivity index (χ3n) is 4.38. The Morgan fingerprint density at radius 1 is 1.28 bits per heavy atom. The third-order valence-corrected chi connectivity index (χ3v) is 4.38. The van der Waals surface area contributed by atoms with E-state index >= 15 is 0 Å². The highest BCUT2D eigenvalue weighted by atomic mass is 15.3. The molecule has 0 bridgehead atoms. The van der Waals surface area contributed by atoms with Gasteiger partial charge >= 0.3 is 0 Å². The first-order valence-corrected chi connectivity index (χ1v) is 7.37. The molecule has 0 saturated carbocycles. The number of hydrogen-bond acceptors (Lipinski definition) is 3. The van der Waals surface area contributed by atoms with Crippen LogP contribution in [0.25, 0.3) is 0 Å². The van der Waals surface area contributed by atoms with Gasteiger partial charge in [0, 0.05) is 31.0 Å². The van der Waals surface area contributed by atoms with Gasteiger partial charge in [-0.3, -0.25) is 4.68 Å². The zero-order valence-corrected chi connectivity index (χ0v) is 11.1. The van der Waals surface area contributed by atoms with Gasteiger partial charge in [-0.25, -0.2) is 0 Å². The van der Waals surface area contributed by atoms with Gasteiger partial charge in [-0.15, -0.1) is 0 Å². The van der Waals surface area contributed by atoms with Crippen molar-refractivity contribution in [3.05, 3.63) is 18.5 Å². The van der Waals surface area contributed by atoms with E-state index in [1.807, 2.05) is 23.1 Å². The average Bonchev–Trinajstić information content (AvgIpc) is 3.05. The molecule has 0 spiro atoms. The number of piperidine rings is 1. The lowest BCUT2D eigenvalue weighted by atomic mass is 9.97. The second kappa shape index (κ2) is 5.85. The number of hydrogen-bond donors (Lipinski definition) is 1. The van der Waals surface area contributed by atoms with Crippen molar-refractivity contribution in [2.45, 2.75) is 50.7 Å². The van der Waals surface area contributed by atoms with Crippen LogP contribution >= 0.6 is 0 Å². The number of aromatic nitrogens is 2. The van der Waals surface area contributed by atoms with Crippen LogP contribution in [-0.4, -0.2) is 46.4 Å². The quantitative estimate of drug-likeness (QED) is 0.802. The zero-order chi connectivity index (χ0) is 12.2. The number of nitrogens with zero attached hydrogens (tertiary/aromatic N) is 3. The molecule has 0 radical (unpaired) electrons. The normalized spacial score (nSPS) is 28.4. The number of fused-ring (bicyclic) bond motifs is 1. The molecule has 4 heteroatoms. The van der Waals surface area contributed by atoms with Gasteiger partial charge in [-0.1, -0.05) is 0 Å². The SMILES string of the molecule is c1cnn(CCCNC2CCN3CCCC3C2)c1. The third kappa shape index (κ3) is 2.93. The lowest BCUT2D eigenvalue weighted by Crippen LogP contribution is -2.45. The Hall–Kier alpha value is -0.870. The van der Waals surface area contributed by atoms with Crippen molar-refractivity contribution in [2.24, 2.45) is 0 Å². The second-order valence-corrected chi connectivity index (χ2v) is 5.63. The van der Waals surface area contributed by atoms with E-state index in [4.69, 9.17) is 0 Å². The zero-order valence-electron chi connectivity index (χ0n) is 11.1. The van der Waals surface area contributed by atoms with E-state index in [0.29, 0.717) is 0 Å². The molecule has 2 unspecified atom stereocenters. The molecule has 1 N–H and O–H groups in total. The summed E-state index contributed by atoms with van der Waals surface area (Å²) in [5.41, 5.74) is 0. The van der Waals surface area contributed by atoms with Crippen LogP contribution in [0.2, 0.25) is 0 Å². The first kappa shape index (κ1) is 12.2. The Morgan fingerprint density at radius 2 is 2.28 bits per heavy atom. The summed E-state index contributed by atoms with van der Waals surface area (Å²) in [7, 11) is 0. The van der Waals surface area contributed by atoms with Crippen LogP contribution in [0.15, 0.2) is 18.5 Å². The highest BCUT2D eigenvalue weighted by Gasteiger charge is 2.31. The minimum atomic E-state index is 0.752. The molecule has 1 aromatic rings. The molecular formula is C14H24N4. The Bertz CT molecular complexity index is 349. The van der Waals surface area contributed by atoms with Gasteiger partial charge in [0.2, 0.25) is 0 Å². The summed E-state index contributed by atoms with van der Waals surface area (Å²) < 4.78 is 2.02. The molecule has 0 aromatic carbocycles. The summed E-state index contributed by atoms with van der Waals surface area (Å²) >= 11 is 0. The Labute approximate surface area is 109 Å². The minimum absolute atomic E-state index is 0.752. The fourth-order valence-electron chi connectivity index (χ4n) is 3.39. The number of aryl methyl sites for hydroxylation is 1. The summed E-state index contributed by atoms with van der Waals surface area (Å²) in [6.07, 6.45) is 10.6. The lowest BCUT2D eigenvalue weighted by molar-refractivity contribution is 0.167. The molecular weight excluding hydrogens is 224 g/mol. The molecule has 0 amide bonds. The van der Waals surface area contributed by atoms with Crippen molar-refractivity contribution in [1.82, 2.24) is 20.0 Å². The first-order chi connectivity index (χ1) is 8.92. The van der Waals surface area contributed by atoms with E-state index < -0.39 is 0 Å². The average molecular weight is 248 g/mol. The van der Waals surface area contributed by atoms with Crippen LogP contribution in [0.3, 0.4) is 0 Å². The van der Waals surface area contributed by atoms with E-state index in [9.17, 15) is 0 Å². The summed E-state index contributed by atoms with van der Waals surface area (Å²) in [6.45, 7) is 4.80. The van der Waals surface area contributed by atoms with Gasteiger partial charge in [0.05, 0.1) is 0 Å². The molecule has 100 valence electrons. The van der Waals surface area contributed by atoms with Gasteiger partial charge < -0.3 is 10.2 Å². The topological polar surface area (TPSA) is 33.1 Å². The predicted octanol–water partition coefficient (Wildman–Crippen LogP) is 1.49. The van der Waals surface area contributed by atoms with Gasteiger partial charge in [-0.05, 0) is 57.8 Å². The predicted molar refractivity (Wildman–Crippen MR) is 72.5 cm³/mol. The van der Waals surface area contributed by atoms with E-state index in [2.05, 4.69) is 15.3 Å². The molecule has 4 nitrogen and oxygen atoms in total. The maximum atomic E-state index is 4.23. The molecule has 2 aliphatic heterocycles. The molecule has 0 aliphatic carbocycles. The molecule has 2 aliphatic rings. The molecule has 3 rings (SSSR count). The van der Waals surface area contributed by atoms with Crippen LogP contribution in [0.4, 0.5) is 0 Å². The van der Waals surface area contributed by atoms with Gasteiger partial charge in [0.15, 0.2) is 0 Å². The van der Waals surface area contributed by atoms with Gasteiger partial charge in [-0.2, -0.15) is 5.10 Å². The molecule has 3 heterocycles. The lowest BCUT2D eigenvalue weighted by Gasteiger charge is -2.35. The maximum Gasteiger partial charge on any atom is 0.0489 e. The van der Waals surface area contributed by atoms with Crippen molar-refractivity contribution in [3.63, 3.8) is 0 Å². The highest BCUT2D eigenvalue weighted by Crippen LogP contribution is 2.26. The van der Waals surface area contributed by atoms with Crippen molar-refractivity contribution < 1.29 is 0 Å². The Kier molecular flexibility index (Phi) is 3.96. The van der Waals surface area contributed by atoms with Gasteiger partial charge in [0.25, 0.3) is 0 Å². The molecule has 2 fully saturated rings. The standard InChI is InChI=1S/C14H24N4/c1-4-14-12-13(5-11-17(14)8-1)15-6-2-9-18-10-3-7-16-18/h3,7,10,13-15H,1-2,4-6,8-9,11-12H2. The molecule has 1 aromatic heterocycles. The van der Waals surface area contributed by atoms with Crippen LogP contribution in [0.5, 0.6) is 0 Å². The van der Waals surface area contributed by atoms with E-state index in [0.717, 1.165) is 25.2 Å².